The summed E-state index contributed by atoms with van der Waals surface area (Å²) in [5.41, 5.74) is 14.4. The van der Waals surface area contributed by atoms with Crippen molar-refractivity contribution in [3.8, 4) is 11.5 Å². The van der Waals surface area contributed by atoms with Gasteiger partial charge in [0.25, 0.3) is 5.91 Å². The van der Waals surface area contributed by atoms with Crippen molar-refractivity contribution in [3.63, 3.8) is 0 Å². The summed E-state index contributed by atoms with van der Waals surface area (Å²) in [7, 11) is 2.97. The third-order valence-corrected chi connectivity index (χ3v) is 4.75. The van der Waals surface area contributed by atoms with Gasteiger partial charge in [-0.2, -0.15) is 8.78 Å². The van der Waals surface area contributed by atoms with Crippen LogP contribution in [0.5, 0.6) is 11.5 Å². The van der Waals surface area contributed by atoms with E-state index in [0.29, 0.717) is 22.6 Å². The first kappa shape index (κ1) is 22.9. The number of rotatable bonds is 9. The number of alkyl halides is 2. The van der Waals surface area contributed by atoms with Gasteiger partial charge in [-0.05, 0) is 30.5 Å². The fourth-order valence-electron chi connectivity index (χ4n) is 3.09. The van der Waals surface area contributed by atoms with Crippen molar-refractivity contribution in [2.45, 2.75) is 25.5 Å². The molecule has 1 saturated carbocycles. The largest absolute Gasteiger partial charge is 0.496 e. The number of carbonyl (C=O) groups is 1. The van der Waals surface area contributed by atoms with E-state index in [-0.39, 0.29) is 23.1 Å². The number of nitrogen functional groups attached to an aromatic ring is 1. The number of benzene rings is 2. The molecule has 0 unspecified atom stereocenters. The number of methoxy groups -OCH3 is 1. The lowest BCUT2D eigenvalue weighted by molar-refractivity contribution is -0.0502. The first-order chi connectivity index (χ1) is 15.4. The number of hydrogen-bond donors (Lipinski definition) is 4. The molecule has 0 aliphatic heterocycles. The molecule has 32 heavy (non-hydrogen) atoms. The fourth-order valence-corrected chi connectivity index (χ4v) is 3.09. The first-order valence-corrected chi connectivity index (χ1v) is 9.85. The van der Waals surface area contributed by atoms with Crippen molar-refractivity contribution in [1.82, 2.24) is 5.32 Å². The van der Waals surface area contributed by atoms with Gasteiger partial charge in [0, 0.05) is 48.9 Å². The van der Waals surface area contributed by atoms with Crippen molar-refractivity contribution >= 4 is 34.8 Å². The molecule has 1 aliphatic carbocycles. The zero-order chi connectivity index (χ0) is 23.3. The van der Waals surface area contributed by atoms with Crippen molar-refractivity contribution in [1.29, 1.82) is 0 Å². The van der Waals surface area contributed by atoms with Gasteiger partial charge in [-0.25, -0.2) is 0 Å². The molecule has 6 N–H and O–H groups in total. The monoisotopic (exact) mass is 445 g/mol. The lowest BCUT2D eigenvalue weighted by Gasteiger charge is -2.18. The summed E-state index contributed by atoms with van der Waals surface area (Å²) in [6.45, 7) is -3.12. The van der Waals surface area contributed by atoms with Gasteiger partial charge in [0.2, 0.25) is 0 Å². The van der Waals surface area contributed by atoms with Crippen molar-refractivity contribution < 1.29 is 23.0 Å². The number of amides is 1. The van der Waals surface area contributed by atoms with Gasteiger partial charge in [-0.1, -0.05) is 6.07 Å². The van der Waals surface area contributed by atoms with Gasteiger partial charge in [0.15, 0.2) is 0 Å². The quantitative estimate of drug-likeness (QED) is 0.346. The summed E-state index contributed by atoms with van der Waals surface area (Å²) in [4.78, 5) is 16.5. The maximum Gasteiger partial charge on any atom is 0.387 e. The third-order valence-electron chi connectivity index (χ3n) is 4.75. The van der Waals surface area contributed by atoms with Crippen LogP contribution in [0.2, 0.25) is 0 Å². The molecule has 0 aromatic heterocycles. The summed E-state index contributed by atoms with van der Waals surface area (Å²) in [6, 6.07) is 8.05. The fraction of sp³-hybridized carbons (Fsp3) is 0.273. The molecule has 0 bridgehead atoms. The van der Waals surface area contributed by atoms with Gasteiger partial charge < -0.3 is 31.6 Å². The minimum Gasteiger partial charge on any atom is -0.496 e. The Morgan fingerprint density at radius 1 is 1.25 bits per heavy atom. The highest BCUT2D eigenvalue weighted by Crippen LogP contribution is 2.37. The molecule has 3 rings (SSSR count). The van der Waals surface area contributed by atoms with Gasteiger partial charge in [0.1, 0.15) is 17.1 Å². The predicted molar refractivity (Wildman–Crippen MR) is 121 cm³/mol. The number of halogens is 2. The number of nitrogens with one attached hydrogen (secondary N) is 2. The zero-order valence-electron chi connectivity index (χ0n) is 17.7. The molecule has 8 nitrogen and oxygen atoms in total. The molecule has 1 aliphatic rings. The standard InChI is InChI=1S/C22H25F2N5O3/c1-27-11-13(10-25)12-3-6-17(16(26)7-12)28-15-8-18(31-2)20(19(9-15)32-22(23)24)21(30)29-14-4-5-14/h3,6-11,14,22,28H,4-5,25-26H2,1-2H3,(H,29,30)/b13-10+,27-11?. The average molecular weight is 445 g/mol. The molecule has 2 aromatic rings. The molecule has 0 atom stereocenters. The number of nitrogens with zero attached hydrogens (tertiary/aromatic N) is 1. The Bertz CT molecular complexity index is 1050. The first-order valence-electron chi connectivity index (χ1n) is 9.85. The smallest absolute Gasteiger partial charge is 0.387 e. The lowest BCUT2D eigenvalue weighted by atomic mass is 10.1. The highest BCUT2D eigenvalue weighted by Gasteiger charge is 2.28. The Morgan fingerprint density at radius 2 is 1.97 bits per heavy atom. The Kier molecular flexibility index (Phi) is 7.14. The molecule has 1 amide bonds. The van der Waals surface area contributed by atoms with E-state index in [2.05, 4.69) is 20.4 Å². The molecule has 0 heterocycles. The zero-order valence-corrected chi connectivity index (χ0v) is 17.7. The van der Waals surface area contributed by atoms with Gasteiger partial charge in [0.05, 0.1) is 18.5 Å². The highest BCUT2D eigenvalue weighted by molar-refractivity contribution is 6.10. The minimum atomic E-state index is -3.12. The van der Waals surface area contributed by atoms with E-state index < -0.39 is 12.5 Å². The summed E-state index contributed by atoms with van der Waals surface area (Å²) in [5.74, 6) is -0.747. The van der Waals surface area contributed by atoms with Crippen LogP contribution in [0.15, 0.2) is 41.5 Å². The number of anilines is 3. The number of carbonyl (C=O) groups excluding carboxylic acids is 1. The normalized spacial score (nSPS) is 14.0. The van der Waals surface area contributed by atoms with Crippen molar-refractivity contribution in [2.24, 2.45) is 10.7 Å². The molecule has 2 aromatic carbocycles. The van der Waals surface area contributed by atoms with Crippen LogP contribution >= 0.6 is 0 Å². The number of hydrogen-bond acceptors (Lipinski definition) is 7. The molecule has 10 heteroatoms. The van der Waals surface area contributed by atoms with E-state index in [0.717, 1.165) is 18.4 Å². The van der Waals surface area contributed by atoms with Crippen LogP contribution in [0.25, 0.3) is 5.57 Å². The van der Waals surface area contributed by atoms with Gasteiger partial charge >= 0.3 is 6.61 Å². The van der Waals surface area contributed by atoms with E-state index in [4.69, 9.17) is 16.2 Å². The maximum atomic E-state index is 13.1. The third kappa shape index (κ3) is 5.45. The second-order valence-corrected chi connectivity index (χ2v) is 7.11. The van der Waals surface area contributed by atoms with E-state index in [1.165, 1.54) is 25.4 Å². The average Bonchev–Trinajstić information content (AvgIpc) is 3.56. The van der Waals surface area contributed by atoms with Gasteiger partial charge in [-0.15, -0.1) is 0 Å². The van der Waals surface area contributed by atoms with Crippen LogP contribution in [0.4, 0.5) is 25.8 Å². The summed E-state index contributed by atoms with van der Waals surface area (Å²) in [6.07, 6.45) is 4.71. The lowest BCUT2D eigenvalue weighted by Crippen LogP contribution is -2.26. The Morgan fingerprint density at radius 3 is 2.53 bits per heavy atom. The summed E-state index contributed by atoms with van der Waals surface area (Å²) in [5, 5.41) is 5.81. The van der Waals surface area contributed by atoms with Crippen LogP contribution in [0.3, 0.4) is 0 Å². The van der Waals surface area contributed by atoms with Gasteiger partial charge in [-0.3, -0.25) is 9.79 Å². The Balaban J connectivity index is 1.94. The topological polar surface area (TPSA) is 124 Å². The molecule has 0 radical (unpaired) electrons. The molecule has 0 saturated heterocycles. The van der Waals surface area contributed by atoms with E-state index in [1.54, 1.807) is 31.5 Å². The van der Waals surface area contributed by atoms with Crippen LogP contribution in [-0.2, 0) is 0 Å². The number of nitrogens with two attached hydrogens (primary N) is 2. The van der Waals surface area contributed by atoms with Crippen molar-refractivity contribution in [3.05, 3.63) is 47.7 Å². The Labute approximate surface area is 184 Å². The SMILES string of the molecule is CN=C/C(=C\N)c1ccc(Nc2cc(OC)c(C(=O)NC3CC3)c(OC(F)F)c2)c(N)c1. The summed E-state index contributed by atoms with van der Waals surface area (Å²) < 4.78 is 36.0. The van der Waals surface area contributed by atoms with E-state index >= 15 is 0 Å². The summed E-state index contributed by atoms with van der Waals surface area (Å²) >= 11 is 0. The number of aliphatic imine (C=N–C) groups is 1. The second kappa shape index (κ2) is 9.99. The molecular formula is C22H25F2N5O3. The molecule has 170 valence electrons. The predicted octanol–water partition coefficient (Wildman–Crippen LogP) is 3.51. The number of ether oxygens (including phenoxy) is 2. The highest BCUT2D eigenvalue weighted by atomic mass is 19.3. The second-order valence-electron chi connectivity index (χ2n) is 7.11. The maximum absolute atomic E-state index is 13.1. The molecule has 0 spiro atoms. The van der Waals surface area contributed by atoms with Crippen molar-refractivity contribution in [2.75, 3.05) is 25.2 Å². The van der Waals surface area contributed by atoms with Crippen LogP contribution in [-0.4, -0.2) is 38.9 Å². The molecule has 1 fully saturated rings. The molecular weight excluding hydrogens is 420 g/mol. The van der Waals surface area contributed by atoms with E-state index in [9.17, 15) is 13.6 Å². The minimum absolute atomic E-state index is 0.0351. The van der Waals surface area contributed by atoms with Crippen LogP contribution in [0.1, 0.15) is 28.8 Å². The van der Waals surface area contributed by atoms with Crippen LogP contribution < -0.4 is 31.6 Å². The van der Waals surface area contributed by atoms with E-state index in [1.807, 2.05) is 0 Å². The number of allylic oxidation sites excluding steroid dienone is 1. The Hall–Kier alpha value is -3.82. The van der Waals surface area contributed by atoms with Crippen LogP contribution in [0, 0.1) is 0 Å².